The lowest BCUT2D eigenvalue weighted by molar-refractivity contribution is -0.131. The molecule has 6 aromatic rings. The fourth-order valence-corrected chi connectivity index (χ4v) is 9.62. The standard InChI is InChI=1S/C41H42F4N12O/c1-22-17-52(3)40(58)35-14-26(48-36-6-4-5-32(49-36)29-11-25(44)13-33-37(29)55(18-22)23(2)47-33)19-56(35)38-30-16-46-57(34-8-7-24(43)12-31(34)45)39(30)51-41(50-38)53-20-27-15-28(21-53)54(27)10-9-42/h4-8,11-13,16,22,26-28,35H,9-10,14-15,17-21H2,1-3H3,(H,48,49)/t22-,26-,27?,28?,35-/m0/s1. The van der Waals surface area contributed by atoms with Gasteiger partial charge in [-0.1, -0.05) is 13.0 Å². The molecule has 4 saturated heterocycles. The summed E-state index contributed by atoms with van der Waals surface area (Å²) in [6.07, 6.45) is 2.92. The number of benzene rings is 2. The van der Waals surface area contributed by atoms with Crippen LogP contribution in [-0.4, -0.2) is 121 Å². The predicted molar refractivity (Wildman–Crippen MR) is 211 cm³/mol. The number of imidazole rings is 1. The van der Waals surface area contributed by atoms with Crippen LogP contribution in [0.5, 0.6) is 0 Å². The van der Waals surface area contributed by atoms with Crippen LogP contribution in [0.15, 0.2) is 54.7 Å². The molecule has 17 heteroatoms. The number of aryl methyl sites for hydroxylation is 1. The Morgan fingerprint density at radius 3 is 2.52 bits per heavy atom. The normalized spacial score (nSPS) is 23.6. The van der Waals surface area contributed by atoms with E-state index in [9.17, 15) is 13.6 Å². The Labute approximate surface area is 331 Å². The van der Waals surface area contributed by atoms with E-state index in [1.807, 2.05) is 30.0 Å². The third-order valence-electron chi connectivity index (χ3n) is 12.2. The summed E-state index contributed by atoms with van der Waals surface area (Å²) in [6.45, 7) is 6.38. The van der Waals surface area contributed by atoms with Gasteiger partial charge < -0.3 is 24.6 Å². The van der Waals surface area contributed by atoms with Crippen molar-refractivity contribution < 1.29 is 22.4 Å². The zero-order chi connectivity index (χ0) is 40.0. The number of amides is 1. The zero-order valence-corrected chi connectivity index (χ0v) is 32.3. The number of halogens is 4. The molecule has 4 aromatic heterocycles. The van der Waals surface area contributed by atoms with Crippen molar-refractivity contribution >= 4 is 45.6 Å². The molecular weight excluding hydrogens is 753 g/mol. The van der Waals surface area contributed by atoms with Crippen LogP contribution in [0.4, 0.5) is 35.1 Å². The molecule has 1 N–H and O–H groups in total. The molecule has 300 valence electrons. The second kappa shape index (κ2) is 13.9. The van der Waals surface area contributed by atoms with Crippen LogP contribution in [0.3, 0.4) is 0 Å². The van der Waals surface area contributed by atoms with E-state index >= 15 is 8.78 Å². The van der Waals surface area contributed by atoms with E-state index in [1.54, 1.807) is 18.1 Å². The lowest BCUT2D eigenvalue weighted by Gasteiger charge is -2.56. The molecule has 0 radical (unpaired) electrons. The third kappa shape index (κ3) is 6.08. The van der Waals surface area contributed by atoms with Crippen molar-refractivity contribution in [1.29, 1.82) is 0 Å². The summed E-state index contributed by atoms with van der Waals surface area (Å²) >= 11 is 0. The molecule has 0 spiro atoms. The van der Waals surface area contributed by atoms with Crippen molar-refractivity contribution in [3.8, 4) is 16.9 Å². The number of pyridine rings is 1. The summed E-state index contributed by atoms with van der Waals surface area (Å²) < 4.78 is 61.3. The Morgan fingerprint density at radius 2 is 1.72 bits per heavy atom. The maximum Gasteiger partial charge on any atom is 0.245 e. The summed E-state index contributed by atoms with van der Waals surface area (Å²) in [5.41, 5.74) is 2.87. The van der Waals surface area contributed by atoms with Gasteiger partial charge in [0.05, 0.1) is 28.3 Å². The van der Waals surface area contributed by atoms with Gasteiger partial charge in [0.1, 0.15) is 47.5 Å². The minimum atomic E-state index is -0.804. The lowest BCUT2D eigenvalue weighted by Crippen LogP contribution is -2.69. The maximum atomic E-state index is 15.4. The van der Waals surface area contributed by atoms with Gasteiger partial charge in [0.15, 0.2) is 11.5 Å². The van der Waals surface area contributed by atoms with Gasteiger partial charge >= 0.3 is 0 Å². The molecule has 5 aliphatic rings. The summed E-state index contributed by atoms with van der Waals surface area (Å²) in [5, 5.41) is 8.61. The number of piperazine rings is 1. The molecule has 9 heterocycles. The highest BCUT2D eigenvalue weighted by Gasteiger charge is 2.46. The summed E-state index contributed by atoms with van der Waals surface area (Å²) in [7, 11) is 1.81. The highest BCUT2D eigenvalue weighted by Crippen LogP contribution is 2.39. The number of fused-ring (bicyclic) bond motifs is 8. The Bertz CT molecular complexity index is 2580. The zero-order valence-electron chi connectivity index (χ0n) is 32.3. The number of aromatic nitrogens is 7. The molecule has 4 fully saturated rings. The first-order valence-corrected chi connectivity index (χ1v) is 19.7. The molecule has 5 atom stereocenters. The molecule has 0 saturated carbocycles. The fourth-order valence-electron chi connectivity index (χ4n) is 9.62. The number of likely N-dealkylation sites (N-methyl/N-ethyl adjacent to an activating group) is 1. The van der Waals surface area contributed by atoms with E-state index in [1.165, 1.54) is 28.9 Å². The Morgan fingerprint density at radius 1 is 0.897 bits per heavy atom. The van der Waals surface area contributed by atoms with Gasteiger partial charge in [-0.15, -0.1) is 0 Å². The van der Waals surface area contributed by atoms with Gasteiger partial charge in [-0.3, -0.25) is 9.69 Å². The van der Waals surface area contributed by atoms with Crippen LogP contribution in [0.2, 0.25) is 0 Å². The van der Waals surface area contributed by atoms with Crippen molar-refractivity contribution in [2.45, 2.75) is 57.4 Å². The van der Waals surface area contributed by atoms with Crippen LogP contribution in [-0.2, 0) is 11.3 Å². The minimum Gasteiger partial charge on any atom is -0.365 e. The molecule has 1 amide bonds. The largest absolute Gasteiger partial charge is 0.365 e. The second-order valence-corrected chi connectivity index (χ2v) is 16.2. The number of alkyl halides is 1. The van der Waals surface area contributed by atoms with Crippen LogP contribution >= 0.6 is 0 Å². The summed E-state index contributed by atoms with van der Waals surface area (Å²) in [5.74, 6) is 0.0959. The third-order valence-corrected chi connectivity index (χ3v) is 12.2. The monoisotopic (exact) mass is 794 g/mol. The van der Waals surface area contributed by atoms with E-state index < -0.39 is 30.2 Å². The van der Waals surface area contributed by atoms with Crippen LogP contribution < -0.4 is 15.1 Å². The van der Waals surface area contributed by atoms with Gasteiger partial charge in [-0.05, 0) is 56.0 Å². The lowest BCUT2D eigenvalue weighted by atomic mass is 9.87. The number of rotatable bonds is 5. The van der Waals surface area contributed by atoms with Crippen molar-refractivity contribution in [2.75, 3.05) is 61.6 Å². The number of anilines is 3. The Kier molecular flexibility index (Phi) is 8.76. The average molecular weight is 795 g/mol. The van der Waals surface area contributed by atoms with Crippen LogP contribution in [0.1, 0.15) is 25.6 Å². The van der Waals surface area contributed by atoms with Crippen LogP contribution in [0.25, 0.3) is 39.0 Å². The summed E-state index contributed by atoms with van der Waals surface area (Å²) in [6, 6.07) is 11.2. The van der Waals surface area contributed by atoms with Gasteiger partial charge in [0, 0.05) is 82.1 Å². The first kappa shape index (κ1) is 36.5. The van der Waals surface area contributed by atoms with E-state index in [-0.39, 0.29) is 35.6 Å². The first-order chi connectivity index (χ1) is 28.0. The average Bonchev–Trinajstić information content (AvgIpc) is 3.90. The van der Waals surface area contributed by atoms with E-state index in [2.05, 4.69) is 31.7 Å². The quantitative estimate of drug-likeness (QED) is 0.229. The molecule has 2 aromatic carbocycles. The number of nitrogens with one attached hydrogen (secondary N) is 1. The van der Waals surface area contributed by atoms with E-state index in [4.69, 9.17) is 19.9 Å². The minimum absolute atomic E-state index is 0.0140. The van der Waals surface area contributed by atoms with Crippen molar-refractivity contribution in [3.05, 3.63) is 78.0 Å². The van der Waals surface area contributed by atoms with Crippen molar-refractivity contribution in [1.82, 2.24) is 44.1 Å². The molecule has 58 heavy (non-hydrogen) atoms. The fraction of sp³-hybridized carbons (Fsp3) is 0.415. The number of hydrogen-bond donors (Lipinski definition) is 1. The second-order valence-electron chi connectivity index (χ2n) is 16.2. The Balaban J connectivity index is 1.08. The number of hydrogen-bond acceptors (Lipinski definition) is 10. The number of carbonyl (C=O) groups excluding carboxylic acids is 1. The molecule has 11 rings (SSSR count). The van der Waals surface area contributed by atoms with Crippen LogP contribution in [0, 0.1) is 30.3 Å². The van der Waals surface area contributed by atoms with Gasteiger partial charge in [-0.2, -0.15) is 15.1 Å². The molecule has 13 nitrogen and oxygen atoms in total. The van der Waals surface area contributed by atoms with E-state index in [0.717, 1.165) is 23.8 Å². The SMILES string of the molecule is Cc1nc2cc(F)cc3c2n1C[C@@H](C)CN(C)C(=O)[C@@H]1C[C@@H](CN1c1nc(N2CC4CC(C2)N4CCF)nc2c1cnn2-c1ccc(F)cc1F)Nc1cccc-3n1. The first-order valence-electron chi connectivity index (χ1n) is 19.7. The van der Waals surface area contributed by atoms with Gasteiger partial charge in [-0.25, -0.2) is 32.2 Å². The van der Waals surface area contributed by atoms with Crippen molar-refractivity contribution in [2.24, 2.45) is 5.92 Å². The highest BCUT2D eigenvalue weighted by molar-refractivity contribution is 5.94. The molecular formula is C41H42F4N12O. The summed E-state index contributed by atoms with van der Waals surface area (Å²) in [4.78, 5) is 42.5. The van der Waals surface area contributed by atoms with Crippen molar-refractivity contribution in [3.63, 3.8) is 0 Å². The Hall–Kier alpha value is -5.84. The molecule has 0 aliphatic carbocycles. The number of nitrogens with zero attached hydrogens (tertiary/aromatic N) is 11. The van der Waals surface area contributed by atoms with Gasteiger partial charge in [0.25, 0.3) is 0 Å². The maximum absolute atomic E-state index is 15.4. The van der Waals surface area contributed by atoms with Gasteiger partial charge in [0.2, 0.25) is 11.9 Å². The smallest absolute Gasteiger partial charge is 0.245 e. The number of carbonyl (C=O) groups is 1. The predicted octanol–water partition coefficient (Wildman–Crippen LogP) is 5.35. The molecule has 2 unspecified atom stereocenters. The van der Waals surface area contributed by atoms with E-state index in [0.29, 0.717) is 91.1 Å². The highest BCUT2D eigenvalue weighted by atomic mass is 19.1. The number of piperidine rings is 1. The molecule has 6 bridgehead atoms. The molecule has 5 aliphatic heterocycles. The topological polar surface area (TPSA) is 116 Å².